The van der Waals surface area contributed by atoms with Crippen LogP contribution in [0.25, 0.3) is 11.0 Å². The summed E-state index contributed by atoms with van der Waals surface area (Å²) in [7, 11) is 0. The Bertz CT molecular complexity index is 1070. The third-order valence-electron chi connectivity index (χ3n) is 5.26. The van der Waals surface area contributed by atoms with E-state index in [0.29, 0.717) is 28.0 Å². The molecule has 1 saturated heterocycles. The van der Waals surface area contributed by atoms with Crippen molar-refractivity contribution in [3.8, 4) is 0 Å². The summed E-state index contributed by atoms with van der Waals surface area (Å²) in [5.74, 6) is -0.804. The Balaban J connectivity index is 1.38. The van der Waals surface area contributed by atoms with Crippen molar-refractivity contribution < 1.29 is 18.4 Å². The van der Waals surface area contributed by atoms with E-state index in [0.717, 1.165) is 38.8 Å². The van der Waals surface area contributed by atoms with Gasteiger partial charge in [-0.25, -0.2) is 18.6 Å². The average Bonchev–Trinajstić information content (AvgIpc) is 3.00. The standard InChI is InChI=1S/C22H23F2N5O2/c23-19(24)20-27-17-10-5-14(13-18(17)28-20)21(30)25-15-6-8-16(9-7-15)26-22(31)29-11-3-1-2-4-12-29/h5-10,13,19H,1-4,11-12H2,(H,25,30)(H,26,31)(H,27,28). The Morgan fingerprint density at radius 2 is 1.58 bits per heavy atom. The van der Waals surface area contributed by atoms with Gasteiger partial charge in [0.15, 0.2) is 5.82 Å². The number of nitrogens with zero attached hydrogens (tertiary/aromatic N) is 2. The fourth-order valence-electron chi connectivity index (χ4n) is 3.59. The highest BCUT2D eigenvalue weighted by Crippen LogP contribution is 2.22. The lowest BCUT2D eigenvalue weighted by Crippen LogP contribution is -2.35. The minimum absolute atomic E-state index is 0.116. The van der Waals surface area contributed by atoms with E-state index in [-0.39, 0.29) is 11.9 Å². The maximum Gasteiger partial charge on any atom is 0.321 e. The molecule has 2 heterocycles. The summed E-state index contributed by atoms with van der Waals surface area (Å²) in [5, 5.41) is 5.65. The number of rotatable bonds is 4. The normalized spacial score (nSPS) is 14.5. The van der Waals surface area contributed by atoms with Crippen LogP contribution in [0.2, 0.25) is 0 Å². The number of halogens is 2. The van der Waals surface area contributed by atoms with Crippen LogP contribution in [0.3, 0.4) is 0 Å². The number of carbonyl (C=O) groups is 2. The smallest absolute Gasteiger partial charge is 0.321 e. The van der Waals surface area contributed by atoms with Gasteiger partial charge in [-0.05, 0) is 55.3 Å². The van der Waals surface area contributed by atoms with Gasteiger partial charge in [0.1, 0.15) is 0 Å². The summed E-state index contributed by atoms with van der Waals surface area (Å²) in [5.41, 5.74) is 2.25. The van der Waals surface area contributed by atoms with Gasteiger partial charge in [0, 0.05) is 30.0 Å². The molecule has 162 valence electrons. The van der Waals surface area contributed by atoms with E-state index in [9.17, 15) is 18.4 Å². The predicted octanol–water partition coefficient (Wildman–Crippen LogP) is 5.16. The number of hydrogen-bond donors (Lipinski definition) is 3. The monoisotopic (exact) mass is 427 g/mol. The van der Waals surface area contributed by atoms with Crippen LogP contribution in [0.5, 0.6) is 0 Å². The topological polar surface area (TPSA) is 90.1 Å². The molecule has 1 aliphatic rings. The maximum absolute atomic E-state index is 12.8. The number of amides is 3. The van der Waals surface area contributed by atoms with E-state index in [4.69, 9.17) is 0 Å². The Labute approximate surface area is 177 Å². The van der Waals surface area contributed by atoms with E-state index in [1.54, 1.807) is 24.3 Å². The molecule has 0 spiro atoms. The van der Waals surface area contributed by atoms with E-state index in [1.165, 1.54) is 18.2 Å². The van der Waals surface area contributed by atoms with Gasteiger partial charge in [0.2, 0.25) is 0 Å². The fraction of sp³-hybridized carbons (Fsp3) is 0.318. The maximum atomic E-state index is 12.8. The van der Waals surface area contributed by atoms with Gasteiger partial charge in [0.05, 0.1) is 11.0 Å². The molecule has 9 heteroatoms. The van der Waals surface area contributed by atoms with Crippen molar-refractivity contribution in [2.75, 3.05) is 23.7 Å². The Kier molecular flexibility index (Phi) is 6.11. The molecule has 2 aromatic carbocycles. The number of hydrogen-bond acceptors (Lipinski definition) is 3. The molecule has 0 aliphatic carbocycles. The molecule has 3 aromatic rings. The largest absolute Gasteiger partial charge is 0.337 e. The van der Waals surface area contributed by atoms with Gasteiger partial charge in [-0.2, -0.15) is 0 Å². The second-order valence-electron chi connectivity index (χ2n) is 7.52. The quantitative estimate of drug-likeness (QED) is 0.537. The summed E-state index contributed by atoms with van der Waals surface area (Å²) in [4.78, 5) is 33.1. The number of urea groups is 1. The zero-order chi connectivity index (χ0) is 21.8. The van der Waals surface area contributed by atoms with Crippen LogP contribution < -0.4 is 10.6 Å². The van der Waals surface area contributed by atoms with Crippen molar-refractivity contribution in [2.45, 2.75) is 32.1 Å². The van der Waals surface area contributed by atoms with Gasteiger partial charge in [0.25, 0.3) is 12.3 Å². The highest BCUT2D eigenvalue weighted by Gasteiger charge is 2.16. The molecule has 0 unspecified atom stereocenters. The lowest BCUT2D eigenvalue weighted by atomic mass is 10.2. The number of alkyl halides is 2. The molecule has 1 aromatic heterocycles. The number of anilines is 2. The van der Waals surface area contributed by atoms with Crippen LogP contribution in [-0.4, -0.2) is 39.9 Å². The zero-order valence-corrected chi connectivity index (χ0v) is 16.8. The number of H-pyrrole nitrogens is 1. The third kappa shape index (κ3) is 4.99. The minimum Gasteiger partial charge on any atom is -0.337 e. The van der Waals surface area contributed by atoms with Gasteiger partial charge in [-0.3, -0.25) is 4.79 Å². The predicted molar refractivity (Wildman–Crippen MR) is 115 cm³/mol. The van der Waals surface area contributed by atoms with E-state index in [2.05, 4.69) is 20.6 Å². The van der Waals surface area contributed by atoms with Crippen molar-refractivity contribution in [3.63, 3.8) is 0 Å². The third-order valence-corrected chi connectivity index (χ3v) is 5.26. The molecule has 1 fully saturated rings. The molecule has 0 bridgehead atoms. The summed E-state index contributed by atoms with van der Waals surface area (Å²) in [6.45, 7) is 1.53. The van der Waals surface area contributed by atoms with Crippen molar-refractivity contribution >= 4 is 34.3 Å². The van der Waals surface area contributed by atoms with Crippen LogP contribution in [0, 0.1) is 0 Å². The second-order valence-corrected chi connectivity index (χ2v) is 7.52. The Morgan fingerprint density at radius 3 is 2.23 bits per heavy atom. The lowest BCUT2D eigenvalue weighted by Gasteiger charge is -2.20. The van der Waals surface area contributed by atoms with Crippen LogP contribution in [0.1, 0.15) is 48.3 Å². The first-order valence-electron chi connectivity index (χ1n) is 10.2. The van der Waals surface area contributed by atoms with E-state index >= 15 is 0 Å². The van der Waals surface area contributed by atoms with Crippen molar-refractivity contribution in [1.29, 1.82) is 0 Å². The van der Waals surface area contributed by atoms with E-state index in [1.807, 2.05) is 4.90 Å². The molecular weight excluding hydrogens is 404 g/mol. The number of imidazole rings is 1. The highest BCUT2D eigenvalue weighted by atomic mass is 19.3. The molecular formula is C22H23F2N5O2. The van der Waals surface area contributed by atoms with Crippen molar-refractivity contribution in [3.05, 3.63) is 53.9 Å². The van der Waals surface area contributed by atoms with Gasteiger partial charge >= 0.3 is 6.03 Å². The van der Waals surface area contributed by atoms with Crippen molar-refractivity contribution in [1.82, 2.24) is 14.9 Å². The summed E-state index contributed by atoms with van der Waals surface area (Å²) < 4.78 is 25.6. The van der Waals surface area contributed by atoms with E-state index < -0.39 is 12.2 Å². The second kappa shape index (κ2) is 9.11. The number of nitrogens with one attached hydrogen (secondary N) is 3. The van der Waals surface area contributed by atoms with Crippen LogP contribution in [0.4, 0.5) is 25.0 Å². The first kappa shape index (κ1) is 20.8. The Morgan fingerprint density at radius 1 is 0.935 bits per heavy atom. The fourth-order valence-corrected chi connectivity index (χ4v) is 3.59. The first-order chi connectivity index (χ1) is 15.0. The number of fused-ring (bicyclic) bond motifs is 1. The van der Waals surface area contributed by atoms with Gasteiger partial charge < -0.3 is 20.5 Å². The summed E-state index contributed by atoms with van der Waals surface area (Å²) in [6, 6.07) is 11.3. The lowest BCUT2D eigenvalue weighted by molar-refractivity contribution is 0.102. The first-order valence-corrected chi connectivity index (χ1v) is 10.2. The molecule has 0 saturated carbocycles. The summed E-state index contributed by atoms with van der Waals surface area (Å²) >= 11 is 0. The van der Waals surface area contributed by atoms with Crippen LogP contribution >= 0.6 is 0 Å². The molecule has 1 aliphatic heterocycles. The Hall–Kier alpha value is -3.49. The van der Waals surface area contributed by atoms with Crippen LogP contribution in [0.15, 0.2) is 42.5 Å². The number of likely N-dealkylation sites (tertiary alicyclic amines) is 1. The number of benzene rings is 2. The van der Waals surface area contributed by atoms with Crippen LogP contribution in [-0.2, 0) is 0 Å². The zero-order valence-electron chi connectivity index (χ0n) is 16.8. The molecule has 31 heavy (non-hydrogen) atoms. The summed E-state index contributed by atoms with van der Waals surface area (Å²) in [6.07, 6.45) is 1.64. The number of carbonyl (C=O) groups excluding carboxylic acids is 2. The molecule has 0 atom stereocenters. The minimum atomic E-state index is -2.71. The van der Waals surface area contributed by atoms with Gasteiger partial charge in [-0.1, -0.05) is 12.8 Å². The molecule has 4 rings (SSSR count). The highest BCUT2D eigenvalue weighted by molar-refractivity contribution is 6.06. The van der Waals surface area contributed by atoms with Crippen molar-refractivity contribution in [2.24, 2.45) is 0 Å². The number of aromatic amines is 1. The molecule has 3 amide bonds. The average molecular weight is 427 g/mol. The molecule has 3 N–H and O–H groups in total. The SMILES string of the molecule is O=C(Nc1ccc(NC(=O)N2CCCCCC2)cc1)c1ccc2nc(C(F)F)[nH]c2c1. The number of aromatic nitrogens is 2. The molecule has 0 radical (unpaired) electrons. The molecule has 7 nitrogen and oxygen atoms in total. The van der Waals surface area contributed by atoms with Gasteiger partial charge in [-0.15, -0.1) is 0 Å².